The quantitative estimate of drug-likeness (QED) is 0.617. The molecule has 1 N–H and O–H groups in total. The molecule has 4 rings (SSSR count). The lowest BCUT2D eigenvalue weighted by molar-refractivity contribution is 0.681. The number of allylic oxidation sites excluding steroid dienone is 1. The Morgan fingerprint density at radius 2 is 2.12 bits per heavy atom. The molecule has 0 unspecified atom stereocenters. The summed E-state index contributed by atoms with van der Waals surface area (Å²) in [6.45, 7) is 4.82. The average molecular weight is 336 g/mol. The first kappa shape index (κ1) is 14.8. The summed E-state index contributed by atoms with van der Waals surface area (Å²) in [5.74, 6) is 0.588. The van der Waals surface area contributed by atoms with Gasteiger partial charge >= 0.3 is 0 Å². The zero-order valence-corrected chi connectivity index (χ0v) is 14.2. The van der Waals surface area contributed by atoms with E-state index in [1.54, 1.807) is 6.07 Å². The van der Waals surface area contributed by atoms with Gasteiger partial charge in [-0.25, -0.2) is 4.98 Å². The van der Waals surface area contributed by atoms with Crippen LogP contribution in [0.4, 0.5) is 0 Å². The zero-order valence-electron chi connectivity index (χ0n) is 13.4. The second kappa shape index (κ2) is 5.72. The van der Waals surface area contributed by atoms with Crippen LogP contribution in [0.15, 0.2) is 40.5 Å². The maximum absolute atomic E-state index is 12.1. The molecule has 0 bridgehead atoms. The maximum atomic E-state index is 12.1. The molecular formula is C18H16N4OS. The van der Waals surface area contributed by atoms with Crippen molar-refractivity contribution in [1.29, 1.82) is 0 Å². The lowest BCUT2D eigenvalue weighted by Crippen LogP contribution is -2.09. The lowest BCUT2D eigenvalue weighted by atomic mass is 10.1. The number of nitrogens with zero attached hydrogens (tertiary/aromatic N) is 3. The smallest absolute Gasteiger partial charge is 0.259 e. The molecule has 0 aliphatic carbocycles. The summed E-state index contributed by atoms with van der Waals surface area (Å²) < 4.78 is 1.98. The summed E-state index contributed by atoms with van der Waals surface area (Å²) in [7, 11) is 0. The molecule has 24 heavy (non-hydrogen) atoms. The van der Waals surface area contributed by atoms with Crippen LogP contribution >= 0.6 is 11.3 Å². The fourth-order valence-corrected chi connectivity index (χ4v) is 3.59. The molecule has 0 fully saturated rings. The van der Waals surface area contributed by atoms with E-state index in [0.717, 1.165) is 33.5 Å². The fourth-order valence-electron chi connectivity index (χ4n) is 2.83. The predicted octanol–water partition coefficient (Wildman–Crippen LogP) is 3.91. The Hall–Kier alpha value is -2.73. The molecule has 0 atom stereocenters. The normalized spacial score (nSPS) is 12.3. The minimum absolute atomic E-state index is 0.104. The van der Waals surface area contributed by atoms with Gasteiger partial charge in [-0.1, -0.05) is 18.2 Å². The van der Waals surface area contributed by atoms with Gasteiger partial charge in [0, 0.05) is 11.9 Å². The van der Waals surface area contributed by atoms with E-state index < -0.39 is 0 Å². The molecule has 3 heterocycles. The van der Waals surface area contributed by atoms with Gasteiger partial charge in [-0.2, -0.15) is 5.10 Å². The number of nitrogens with one attached hydrogen (secondary N) is 1. The van der Waals surface area contributed by atoms with E-state index in [4.69, 9.17) is 0 Å². The molecular weight excluding hydrogens is 320 g/mol. The first-order chi connectivity index (χ1) is 11.7. The molecule has 4 aromatic rings. The number of rotatable bonds is 3. The van der Waals surface area contributed by atoms with E-state index in [1.807, 2.05) is 35.2 Å². The van der Waals surface area contributed by atoms with Gasteiger partial charge in [-0.15, -0.1) is 11.3 Å². The van der Waals surface area contributed by atoms with Crippen molar-refractivity contribution in [3.63, 3.8) is 0 Å². The van der Waals surface area contributed by atoms with E-state index in [-0.39, 0.29) is 5.56 Å². The van der Waals surface area contributed by atoms with Crippen LogP contribution in [0.5, 0.6) is 0 Å². The van der Waals surface area contributed by atoms with Gasteiger partial charge in [-0.05, 0) is 43.0 Å². The van der Waals surface area contributed by atoms with Crippen molar-refractivity contribution in [2.75, 3.05) is 0 Å². The Labute approximate surface area is 142 Å². The van der Waals surface area contributed by atoms with Gasteiger partial charge in [0.05, 0.1) is 16.6 Å². The Morgan fingerprint density at radius 1 is 1.29 bits per heavy atom. The Bertz CT molecular complexity index is 1130. The third kappa shape index (κ3) is 2.35. The van der Waals surface area contributed by atoms with Crippen LogP contribution in [-0.4, -0.2) is 19.7 Å². The summed E-state index contributed by atoms with van der Waals surface area (Å²) in [6.07, 6.45) is 1.98. The molecule has 3 aromatic heterocycles. The second-order valence-electron chi connectivity index (χ2n) is 5.60. The topological polar surface area (TPSA) is 63.6 Å². The molecule has 0 spiro atoms. The second-order valence-corrected chi connectivity index (χ2v) is 6.49. The molecule has 0 amide bonds. The molecule has 6 heteroatoms. The maximum Gasteiger partial charge on any atom is 0.259 e. The average Bonchev–Trinajstić information content (AvgIpc) is 3.20. The number of hydrogen-bond donors (Lipinski definition) is 1. The van der Waals surface area contributed by atoms with Gasteiger partial charge < -0.3 is 4.98 Å². The molecule has 0 aliphatic rings. The molecule has 120 valence electrons. The highest BCUT2D eigenvalue weighted by atomic mass is 32.1. The van der Waals surface area contributed by atoms with Crippen molar-refractivity contribution < 1.29 is 0 Å². The van der Waals surface area contributed by atoms with Gasteiger partial charge in [0.15, 0.2) is 0 Å². The van der Waals surface area contributed by atoms with E-state index in [9.17, 15) is 4.79 Å². The minimum Gasteiger partial charge on any atom is -0.306 e. The third-order valence-corrected chi connectivity index (χ3v) is 4.85. The molecule has 1 aromatic carbocycles. The lowest BCUT2D eigenvalue weighted by Gasteiger charge is -2.00. The van der Waals surface area contributed by atoms with Crippen LogP contribution in [0.1, 0.15) is 25.4 Å². The molecule has 5 nitrogen and oxygen atoms in total. The fraction of sp³-hybridized carbons (Fsp3) is 0.167. The number of hydrogen-bond acceptors (Lipinski definition) is 4. The van der Waals surface area contributed by atoms with E-state index in [1.165, 1.54) is 11.3 Å². The van der Waals surface area contributed by atoms with Crippen LogP contribution < -0.4 is 5.56 Å². The number of aromatic nitrogens is 4. The first-order valence-corrected chi connectivity index (χ1v) is 8.67. The van der Waals surface area contributed by atoms with E-state index >= 15 is 0 Å². The Kier molecular flexibility index (Phi) is 3.54. The summed E-state index contributed by atoms with van der Waals surface area (Å²) in [6, 6.07) is 9.95. The number of benzene rings is 1. The van der Waals surface area contributed by atoms with Crippen molar-refractivity contribution in [2.45, 2.75) is 20.4 Å². The first-order valence-electron chi connectivity index (χ1n) is 7.79. The SMILES string of the molecule is CCn1nc(/C=C(/C)c2nc3sccc3c(=O)[nH]2)c2ccccc21. The highest BCUT2D eigenvalue weighted by molar-refractivity contribution is 7.16. The third-order valence-electron chi connectivity index (χ3n) is 4.05. The van der Waals surface area contributed by atoms with Crippen molar-refractivity contribution >= 4 is 44.1 Å². The van der Waals surface area contributed by atoms with Crippen LogP contribution in [0, 0.1) is 0 Å². The van der Waals surface area contributed by atoms with Crippen molar-refractivity contribution in [1.82, 2.24) is 19.7 Å². The van der Waals surface area contributed by atoms with Gasteiger partial charge in [-0.3, -0.25) is 9.48 Å². The number of fused-ring (bicyclic) bond motifs is 2. The molecule has 0 radical (unpaired) electrons. The van der Waals surface area contributed by atoms with Crippen LogP contribution in [0.3, 0.4) is 0 Å². The van der Waals surface area contributed by atoms with Crippen molar-refractivity contribution in [2.24, 2.45) is 0 Å². The largest absolute Gasteiger partial charge is 0.306 e. The monoisotopic (exact) mass is 336 g/mol. The van der Waals surface area contributed by atoms with Crippen LogP contribution in [0.25, 0.3) is 32.8 Å². The number of para-hydroxylation sites is 1. The summed E-state index contributed by atoms with van der Waals surface area (Å²) in [5.41, 5.74) is 2.77. The highest BCUT2D eigenvalue weighted by Crippen LogP contribution is 2.23. The van der Waals surface area contributed by atoms with Crippen molar-refractivity contribution in [3.05, 3.63) is 57.6 Å². The van der Waals surface area contributed by atoms with Crippen LogP contribution in [0.2, 0.25) is 0 Å². The number of aromatic amines is 1. The highest BCUT2D eigenvalue weighted by Gasteiger charge is 2.10. The van der Waals surface area contributed by atoms with Crippen LogP contribution in [-0.2, 0) is 6.54 Å². The standard InChI is InChI=1S/C18H16N4OS/c1-3-22-15-7-5-4-6-12(15)14(21-22)10-11(2)16-19-17(23)13-8-9-24-18(13)20-16/h4-10H,3H2,1-2H3,(H,19,20,23)/b11-10-. The summed E-state index contributed by atoms with van der Waals surface area (Å²) >= 11 is 1.47. The van der Waals surface area contributed by atoms with Gasteiger partial charge in [0.2, 0.25) is 0 Å². The Balaban J connectivity index is 1.86. The predicted molar refractivity (Wildman–Crippen MR) is 99.2 cm³/mol. The number of aryl methyl sites for hydroxylation is 1. The van der Waals surface area contributed by atoms with Gasteiger partial charge in [0.1, 0.15) is 10.7 Å². The Morgan fingerprint density at radius 3 is 2.96 bits per heavy atom. The molecule has 0 saturated carbocycles. The molecule has 0 aliphatic heterocycles. The zero-order chi connectivity index (χ0) is 16.7. The number of H-pyrrole nitrogens is 1. The summed E-state index contributed by atoms with van der Waals surface area (Å²) in [4.78, 5) is 20.3. The van der Waals surface area contributed by atoms with E-state index in [2.05, 4.69) is 34.1 Å². The van der Waals surface area contributed by atoms with E-state index in [0.29, 0.717) is 11.2 Å². The molecule has 0 saturated heterocycles. The minimum atomic E-state index is -0.104. The summed E-state index contributed by atoms with van der Waals surface area (Å²) in [5, 5.41) is 8.28. The van der Waals surface area contributed by atoms with Gasteiger partial charge in [0.25, 0.3) is 5.56 Å². The van der Waals surface area contributed by atoms with Crippen molar-refractivity contribution in [3.8, 4) is 0 Å². The number of thiophene rings is 1.